The summed E-state index contributed by atoms with van der Waals surface area (Å²) < 4.78 is 0. The van der Waals surface area contributed by atoms with Gasteiger partial charge in [0, 0.05) is 11.6 Å². The molecule has 1 saturated heterocycles. The van der Waals surface area contributed by atoms with Crippen molar-refractivity contribution in [1.82, 2.24) is 4.90 Å². The van der Waals surface area contributed by atoms with Gasteiger partial charge in [-0.2, -0.15) is 0 Å². The average Bonchev–Trinajstić information content (AvgIpc) is 2.34. The molecule has 0 aliphatic carbocycles. The number of anilines is 1. The van der Waals surface area contributed by atoms with E-state index in [1.807, 2.05) is 0 Å². The van der Waals surface area contributed by atoms with Crippen molar-refractivity contribution >= 4 is 34.8 Å². The summed E-state index contributed by atoms with van der Waals surface area (Å²) in [6.07, 6.45) is 2.41. The zero-order valence-corrected chi connectivity index (χ0v) is 12.5. The lowest BCUT2D eigenvalue weighted by Crippen LogP contribution is -2.39. The minimum absolute atomic E-state index is 0.0433. The summed E-state index contributed by atoms with van der Waals surface area (Å²) in [5.41, 5.74) is 0.573. The molecule has 2 rings (SSSR count). The van der Waals surface area contributed by atoms with Crippen molar-refractivity contribution in [1.29, 1.82) is 0 Å². The highest BCUT2D eigenvalue weighted by Gasteiger charge is 2.18. The molecule has 3 nitrogen and oxygen atoms in total. The van der Waals surface area contributed by atoms with E-state index >= 15 is 0 Å². The van der Waals surface area contributed by atoms with Crippen LogP contribution < -0.4 is 5.32 Å². The number of nitrogens with one attached hydrogen (secondary N) is 1. The van der Waals surface area contributed by atoms with Crippen LogP contribution in [0.4, 0.5) is 5.69 Å². The van der Waals surface area contributed by atoms with Gasteiger partial charge in [-0.05, 0) is 43.5 Å². The number of nitrogens with zero attached hydrogens (tertiary/aromatic N) is 1. The Morgan fingerprint density at radius 3 is 3.00 bits per heavy atom. The van der Waals surface area contributed by atoms with Gasteiger partial charge in [0.05, 0.1) is 17.3 Å². The Morgan fingerprint density at radius 1 is 1.47 bits per heavy atom. The highest BCUT2D eigenvalue weighted by molar-refractivity contribution is 6.35. The number of carbonyl (C=O) groups excluding carboxylic acids is 1. The van der Waals surface area contributed by atoms with Crippen LogP contribution in [0.5, 0.6) is 0 Å². The second kappa shape index (κ2) is 6.60. The van der Waals surface area contributed by atoms with E-state index < -0.39 is 0 Å². The molecule has 0 bridgehead atoms. The third kappa shape index (κ3) is 4.37. The summed E-state index contributed by atoms with van der Waals surface area (Å²) in [7, 11) is 0. The first-order valence-corrected chi connectivity index (χ1v) is 7.27. The summed E-state index contributed by atoms with van der Waals surface area (Å²) in [5, 5.41) is 3.88. The number of benzene rings is 1. The third-order valence-corrected chi connectivity index (χ3v) is 3.88. The van der Waals surface area contributed by atoms with E-state index in [1.165, 1.54) is 6.42 Å². The van der Waals surface area contributed by atoms with Crippen LogP contribution >= 0.6 is 23.2 Å². The van der Waals surface area contributed by atoms with Gasteiger partial charge in [-0.3, -0.25) is 9.69 Å². The van der Waals surface area contributed by atoms with E-state index in [4.69, 9.17) is 23.2 Å². The van der Waals surface area contributed by atoms with Crippen LogP contribution in [0.2, 0.25) is 10.0 Å². The fourth-order valence-electron chi connectivity index (χ4n) is 2.42. The van der Waals surface area contributed by atoms with Crippen LogP contribution in [0, 0.1) is 5.92 Å². The molecule has 1 aliphatic rings. The van der Waals surface area contributed by atoms with E-state index in [-0.39, 0.29) is 5.91 Å². The highest BCUT2D eigenvalue weighted by Crippen LogP contribution is 2.25. The fraction of sp³-hybridized carbons (Fsp3) is 0.500. The normalized spacial score (nSPS) is 20.3. The Balaban J connectivity index is 1.92. The molecule has 1 aromatic carbocycles. The zero-order valence-electron chi connectivity index (χ0n) is 11.0. The van der Waals surface area contributed by atoms with Crippen LogP contribution in [-0.4, -0.2) is 30.4 Å². The van der Waals surface area contributed by atoms with Crippen LogP contribution in [-0.2, 0) is 4.79 Å². The lowest BCUT2D eigenvalue weighted by Gasteiger charge is -2.30. The molecular weight excluding hydrogens is 283 g/mol. The van der Waals surface area contributed by atoms with Gasteiger partial charge >= 0.3 is 0 Å². The van der Waals surface area contributed by atoms with Gasteiger partial charge in [0.25, 0.3) is 0 Å². The number of carbonyl (C=O) groups is 1. The quantitative estimate of drug-likeness (QED) is 0.924. The van der Waals surface area contributed by atoms with Crippen LogP contribution in [0.3, 0.4) is 0 Å². The smallest absolute Gasteiger partial charge is 0.238 e. The van der Waals surface area contributed by atoms with Crippen LogP contribution in [0.1, 0.15) is 19.8 Å². The summed E-state index contributed by atoms with van der Waals surface area (Å²) in [4.78, 5) is 14.2. The Bertz CT molecular complexity index is 465. The minimum Gasteiger partial charge on any atom is -0.324 e. The number of likely N-dealkylation sites (tertiary alicyclic amines) is 1. The molecule has 1 N–H and O–H groups in total. The van der Waals surface area contributed by atoms with Gasteiger partial charge in [-0.1, -0.05) is 30.1 Å². The van der Waals surface area contributed by atoms with E-state index in [0.29, 0.717) is 28.2 Å². The van der Waals surface area contributed by atoms with Crippen molar-refractivity contribution in [2.45, 2.75) is 19.8 Å². The second-order valence-electron chi connectivity index (χ2n) is 5.15. The zero-order chi connectivity index (χ0) is 13.8. The standard InChI is InChI=1S/C14H18Cl2N2O/c1-10-3-2-6-18(8-10)9-14(19)17-13-7-11(15)4-5-12(13)16/h4-5,7,10H,2-3,6,8-9H2,1H3,(H,17,19)/t10-/m0/s1. The summed E-state index contributed by atoms with van der Waals surface area (Å²) >= 11 is 11.9. The predicted octanol–water partition coefficient (Wildman–Crippen LogP) is 3.66. The molecule has 5 heteroatoms. The Kier molecular flexibility index (Phi) is 5.08. The van der Waals surface area contributed by atoms with Gasteiger partial charge in [0.15, 0.2) is 0 Å². The van der Waals surface area contributed by atoms with Crippen molar-refractivity contribution < 1.29 is 4.79 Å². The third-order valence-electron chi connectivity index (χ3n) is 3.31. The SMILES string of the molecule is C[C@H]1CCCN(CC(=O)Nc2cc(Cl)ccc2Cl)C1. The fourth-order valence-corrected chi connectivity index (χ4v) is 2.75. The molecule has 0 saturated carbocycles. The van der Waals surface area contributed by atoms with Crippen LogP contribution in [0.25, 0.3) is 0 Å². The molecule has 1 fully saturated rings. The first kappa shape index (κ1) is 14.6. The molecule has 1 aliphatic heterocycles. The molecule has 1 amide bonds. The maximum atomic E-state index is 12.0. The first-order valence-electron chi connectivity index (χ1n) is 6.52. The summed E-state index contributed by atoms with van der Waals surface area (Å²) in [5.74, 6) is 0.620. The van der Waals surface area contributed by atoms with Gasteiger partial charge in [-0.15, -0.1) is 0 Å². The molecule has 1 aromatic rings. The average molecular weight is 301 g/mol. The molecule has 104 valence electrons. The minimum atomic E-state index is -0.0433. The first-order chi connectivity index (χ1) is 9.04. The van der Waals surface area contributed by atoms with Crippen molar-refractivity contribution in [2.75, 3.05) is 25.0 Å². The number of amides is 1. The monoisotopic (exact) mass is 300 g/mol. The highest BCUT2D eigenvalue weighted by atomic mass is 35.5. The summed E-state index contributed by atoms with van der Waals surface area (Å²) in [6, 6.07) is 5.05. The molecule has 19 heavy (non-hydrogen) atoms. The predicted molar refractivity (Wildman–Crippen MR) is 79.9 cm³/mol. The largest absolute Gasteiger partial charge is 0.324 e. The summed E-state index contributed by atoms with van der Waals surface area (Å²) in [6.45, 7) is 4.60. The Labute approximate surface area is 123 Å². The maximum absolute atomic E-state index is 12.0. The maximum Gasteiger partial charge on any atom is 0.238 e. The van der Waals surface area contributed by atoms with Crippen molar-refractivity contribution in [3.05, 3.63) is 28.2 Å². The van der Waals surface area contributed by atoms with E-state index in [1.54, 1.807) is 18.2 Å². The lowest BCUT2D eigenvalue weighted by atomic mass is 10.0. The van der Waals surface area contributed by atoms with E-state index in [0.717, 1.165) is 19.5 Å². The number of hydrogen-bond donors (Lipinski definition) is 1. The van der Waals surface area contributed by atoms with Gasteiger partial charge in [-0.25, -0.2) is 0 Å². The van der Waals surface area contributed by atoms with Crippen molar-refractivity contribution in [3.63, 3.8) is 0 Å². The van der Waals surface area contributed by atoms with E-state index in [9.17, 15) is 4.79 Å². The number of hydrogen-bond acceptors (Lipinski definition) is 2. The van der Waals surface area contributed by atoms with Crippen molar-refractivity contribution in [2.24, 2.45) is 5.92 Å². The molecule has 0 unspecified atom stereocenters. The van der Waals surface area contributed by atoms with E-state index in [2.05, 4.69) is 17.1 Å². The molecule has 0 spiro atoms. The van der Waals surface area contributed by atoms with Gasteiger partial charge in [0.2, 0.25) is 5.91 Å². The number of piperidine rings is 1. The van der Waals surface area contributed by atoms with Gasteiger partial charge < -0.3 is 5.32 Å². The lowest BCUT2D eigenvalue weighted by molar-refractivity contribution is -0.117. The molecular formula is C14H18Cl2N2O. The van der Waals surface area contributed by atoms with Crippen molar-refractivity contribution in [3.8, 4) is 0 Å². The Morgan fingerprint density at radius 2 is 2.26 bits per heavy atom. The van der Waals surface area contributed by atoms with Crippen LogP contribution in [0.15, 0.2) is 18.2 Å². The topological polar surface area (TPSA) is 32.3 Å². The molecule has 1 heterocycles. The molecule has 1 atom stereocenters. The number of halogens is 2. The molecule has 0 aromatic heterocycles. The Hall–Kier alpha value is -0.770. The number of rotatable bonds is 3. The second-order valence-corrected chi connectivity index (χ2v) is 6.00. The molecule has 0 radical (unpaired) electrons. The van der Waals surface area contributed by atoms with Gasteiger partial charge in [0.1, 0.15) is 0 Å².